The van der Waals surface area contributed by atoms with E-state index in [-0.39, 0.29) is 18.5 Å². The molecule has 20 heavy (non-hydrogen) atoms. The summed E-state index contributed by atoms with van der Waals surface area (Å²) in [5.74, 6) is 0.269. The van der Waals surface area contributed by atoms with Gasteiger partial charge in [0.25, 0.3) is 0 Å². The number of anilines is 1. The van der Waals surface area contributed by atoms with Crippen molar-refractivity contribution in [3.63, 3.8) is 0 Å². The third-order valence-corrected chi connectivity index (χ3v) is 3.23. The van der Waals surface area contributed by atoms with Crippen LogP contribution in [0.15, 0.2) is 17.8 Å². The lowest BCUT2D eigenvalue weighted by Crippen LogP contribution is -2.18. The van der Waals surface area contributed by atoms with Crippen molar-refractivity contribution in [2.45, 2.75) is 24.8 Å². The number of nitrogen functional groups attached to an aromatic ring is 1. The molecule has 3 heterocycles. The SMILES string of the molecule is [N-]=[N+]=N[C@@H]1C[C@@H](CO)O[C@H]1n1cnc2c(N)ncnc21. The number of rotatable bonds is 3. The summed E-state index contributed by atoms with van der Waals surface area (Å²) in [4.78, 5) is 14.9. The fraction of sp³-hybridized carbons (Fsp3) is 0.500. The lowest BCUT2D eigenvalue weighted by Gasteiger charge is -2.16. The topological polar surface area (TPSA) is 148 Å². The molecule has 104 valence electrons. The van der Waals surface area contributed by atoms with Crippen LogP contribution in [0.25, 0.3) is 21.6 Å². The molecule has 3 atom stereocenters. The number of aliphatic hydroxyl groups is 1. The minimum Gasteiger partial charge on any atom is -0.394 e. The van der Waals surface area contributed by atoms with E-state index < -0.39 is 12.3 Å². The van der Waals surface area contributed by atoms with E-state index in [4.69, 9.17) is 16.0 Å². The molecule has 0 amide bonds. The van der Waals surface area contributed by atoms with Crippen molar-refractivity contribution >= 4 is 17.0 Å². The zero-order valence-corrected chi connectivity index (χ0v) is 10.4. The third-order valence-electron chi connectivity index (χ3n) is 3.23. The predicted octanol–water partition coefficient (Wildman–Crippen LogP) is 0.367. The summed E-state index contributed by atoms with van der Waals surface area (Å²) >= 11 is 0. The Morgan fingerprint density at radius 2 is 2.40 bits per heavy atom. The number of hydrogen-bond donors (Lipinski definition) is 2. The average Bonchev–Trinajstić information content (AvgIpc) is 3.03. The quantitative estimate of drug-likeness (QED) is 0.470. The molecular formula is C10H12N8O2. The van der Waals surface area contributed by atoms with Gasteiger partial charge < -0.3 is 15.6 Å². The highest BCUT2D eigenvalue weighted by Crippen LogP contribution is 2.33. The van der Waals surface area contributed by atoms with Crippen LogP contribution in [-0.2, 0) is 4.74 Å². The summed E-state index contributed by atoms with van der Waals surface area (Å²) in [5.41, 5.74) is 15.3. The molecule has 10 heteroatoms. The van der Waals surface area contributed by atoms with E-state index in [9.17, 15) is 5.11 Å². The van der Waals surface area contributed by atoms with Gasteiger partial charge in [-0.1, -0.05) is 5.11 Å². The number of imidazole rings is 1. The molecule has 0 aromatic carbocycles. The summed E-state index contributed by atoms with van der Waals surface area (Å²) in [6, 6.07) is -0.439. The van der Waals surface area contributed by atoms with Crippen molar-refractivity contribution < 1.29 is 9.84 Å². The maximum atomic E-state index is 9.19. The van der Waals surface area contributed by atoms with Gasteiger partial charge in [0.2, 0.25) is 0 Å². The number of aromatic nitrogens is 4. The van der Waals surface area contributed by atoms with Crippen molar-refractivity contribution in [1.82, 2.24) is 19.5 Å². The highest BCUT2D eigenvalue weighted by molar-refractivity contribution is 5.81. The molecule has 1 saturated heterocycles. The highest BCUT2D eigenvalue weighted by Gasteiger charge is 2.36. The number of fused-ring (bicyclic) bond motifs is 1. The molecule has 1 aliphatic rings. The molecule has 0 bridgehead atoms. The smallest absolute Gasteiger partial charge is 0.167 e. The Morgan fingerprint density at radius 3 is 3.15 bits per heavy atom. The molecule has 0 aliphatic carbocycles. The van der Waals surface area contributed by atoms with Gasteiger partial charge in [-0.15, -0.1) is 0 Å². The van der Waals surface area contributed by atoms with E-state index in [1.165, 1.54) is 12.7 Å². The van der Waals surface area contributed by atoms with Gasteiger partial charge in [0.1, 0.15) is 18.1 Å². The van der Waals surface area contributed by atoms with Gasteiger partial charge >= 0.3 is 0 Å². The average molecular weight is 276 g/mol. The molecule has 3 rings (SSSR count). The minimum atomic E-state index is -0.567. The number of nitrogens with zero attached hydrogens (tertiary/aromatic N) is 7. The highest BCUT2D eigenvalue weighted by atomic mass is 16.5. The lowest BCUT2D eigenvalue weighted by atomic mass is 10.2. The standard InChI is InChI=1S/C10H12N8O2/c11-8-7-9(14-3-13-8)18(4-15-7)10-6(16-17-12)1-5(2-19)20-10/h3-6,10,19H,1-2H2,(H2,11,13,14)/t5-,6+,10+/m0/s1. The van der Waals surface area contributed by atoms with Gasteiger partial charge in [0.15, 0.2) is 11.5 Å². The summed E-state index contributed by atoms with van der Waals surface area (Å²) in [5, 5.41) is 12.9. The first-order valence-corrected chi connectivity index (χ1v) is 5.98. The molecule has 0 unspecified atom stereocenters. The van der Waals surface area contributed by atoms with Gasteiger partial charge in [-0.2, -0.15) is 0 Å². The Balaban J connectivity index is 2.05. The second kappa shape index (κ2) is 4.93. The van der Waals surface area contributed by atoms with E-state index in [1.807, 2.05) is 0 Å². The maximum absolute atomic E-state index is 9.19. The van der Waals surface area contributed by atoms with Crippen LogP contribution < -0.4 is 5.73 Å². The third kappa shape index (κ3) is 1.92. The first-order chi connectivity index (χ1) is 9.74. The van der Waals surface area contributed by atoms with Crippen LogP contribution in [0, 0.1) is 0 Å². The Hall–Kier alpha value is -2.42. The molecule has 0 saturated carbocycles. The van der Waals surface area contributed by atoms with Crippen LogP contribution in [0.5, 0.6) is 0 Å². The molecule has 1 aliphatic heterocycles. The van der Waals surface area contributed by atoms with Crippen LogP contribution in [-0.4, -0.2) is 43.4 Å². The van der Waals surface area contributed by atoms with Crippen LogP contribution >= 0.6 is 0 Å². The summed E-state index contributed by atoms with van der Waals surface area (Å²) in [6.07, 6.45) is 2.33. The number of azide groups is 1. The fourth-order valence-electron chi connectivity index (χ4n) is 2.32. The van der Waals surface area contributed by atoms with E-state index >= 15 is 0 Å². The summed E-state index contributed by atoms with van der Waals surface area (Å²) in [7, 11) is 0. The normalized spacial score (nSPS) is 25.8. The van der Waals surface area contributed by atoms with Gasteiger partial charge in [-0.3, -0.25) is 4.57 Å². The molecule has 2 aromatic rings. The predicted molar refractivity (Wildman–Crippen MR) is 68.3 cm³/mol. The first-order valence-electron chi connectivity index (χ1n) is 5.98. The largest absolute Gasteiger partial charge is 0.394 e. The van der Waals surface area contributed by atoms with Gasteiger partial charge in [-0.05, 0) is 12.0 Å². The Kier molecular flexibility index (Phi) is 3.11. The van der Waals surface area contributed by atoms with Crippen molar-refractivity contribution in [1.29, 1.82) is 0 Å². The van der Waals surface area contributed by atoms with E-state index in [1.54, 1.807) is 4.57 Å². The Morgan fingerprint density at radius 1 is 1.55 bits per heavy atom. The lowest BCUT2D eigenvalue weighted by molar-refractivity contribution is -0.0238. The van der Waals surface area contributed by atoms with Gasteiger partial charge in [0.05, 0.1) is 25.1 Å². The second-order valence-electron chi connectivity index (χ2n) is 4.42. The summed E-state index contributed by atoms with van der Waals surface area (Å²) < 4.78 is 7.32. The number of nitrogens with two attached hydrogens (primary N) is 1. The van der Waals surface area contributed by atoms with Crippen molar-refractivity contribution in [2.75, 3.05) is 12.3 Å². The van der Waals surface area contributed by atoms with Crippen molar-refractivity contribution in [2.24, 2.45) is 5.11 Å². The number of hydrogen-bond acceptors (Lipinski definition) is 7. The molecule has 1 fully saturated rings. The van der Waals surface area contributed by atoms with Gasteiger partial charge in [0, 0.05) is 4.91 Å². The maximum Gasteiger partial charge on any atom is 0.167 e. The fourth-order valence-corrected chi connectivity index (χ4v) is 2.32. The summed E-state index contributed by atoms with van der Waals surface area (Å²) in [6.45, 7) is -0.141. The first kappa shape index (κ1) is 12.6. The van der Waals surface area contributed by atoms with E-state index in [0.29, 0.717) is 17.6 Å². The second-order valence-corrected chi connectivity index (χ2v) is 4.42. The molecule has 0 radical (unpaired) electrons. The zero-order chi connectivity index (χ0) is 14.1. The monoisotopic (exact) mass is 276 g/mol. The molecule has 0 spiro atoms. The van der Waals surface area contributed by atoms with Crippen LogP contribution in [0.2, 0.25) is 0 Å². The van der Waals surface area contributed by atoms with E-state index in [2.05, 4.69) is 25.0 Å². The van der Waals surface area contributed by atoms with Crippen molar-refractivity contribution in [3.05, 3.63) is 23.1 Å². The Bertz CT molecular complexity index is 679. The zero-order valence-electron chi connectivity index (χ0n) is 10.4. The van der Waals surface area contributed by atoms with Crippen LogP contribution in [0.4, 0.5) is 5.82 Å². The van der Waals surface area contributed by atoms with Crippen LogP contribution in [0.3, 0.4) is 0 Å². The van der Waals surface area contributed by atoms with Crippen LogP contribution in [0.1, 0.15) is 12.6 Å². The molecule has 3 N–H and O–H groups in total. The Labute approximate surface area is 112 Å². The minimum absolute atomic E-state index is 0.141. The van der Waals surface area contributed by atoms with Crippen molar-refractivity contribution in [3.8, 4) is 0 Å². The number of ether oxygens (including phenoxy) is 1. The molecular weight excluding hydrogens is 264 g/mol. The number of aliphatic hydroxyl groups excluding tert-OH is 1. The molecule has 2 aromatic heterocycles. The van der Waals surface area contributed by atoms with E-state index in [0.717, 1.165) is 0 Å². The van der Waals surface area contributed by atoms with Gasteiger partial charge in [-0.25, -0.2) is 15.0 Å². The molecule has 10 nitrogen and oxygen atoms in total.